The van der Waals surface area contributed by atoms with Gasteiger partial charge in [-0.25, -0.2) is 0 Å². The van der Waals surface area contributed by atoms with Crippen molar-refractivity contribution < 1.29 is 10.2 Å². The van der Waals surface area contributed by atoms with E-state index in [1.165, 1.54) is 0 Å². The lowest BCUT2D eigenvalue weighted by Gasteiger charge is -1.66. The third-order valence-electron chi connectivity index (χ3n) is 0.283. The minimum absolute atomic E-state index is 0.166. The Morgan fingerprint density at radius 3 is 1.50 bits per heavy atom. The second-order valence-corrected chi connectivity index (χ2v) is 0.670. The summed E-state index contributed by atoms with van der Waals surface area (Å²) in [6.07, 6.45) is 0. The second kappa shape index (κ2) is 4.48. The van der Waals surface area contributed by atoms with Crippen LogP contribution in [-0.2, 0) is 0 Å². The maximum Gasteiger partial charge on any atom is 0.104 e. The van der Waals surface area contributed by atoms with E-state index in [9.17, 15) is 0 Å². The standard InChI is InChI=1S/C4H6O2/c5-3-1-2-4-6/h5-6H,3-4H2/i1+1,2+1. The van der Waals surface area contributed by atoms with E-state index in [0.29, 0.717) is 0 Å². The van der Waals surface area contributed by atoms with E-state index in [0.717, 1.165) is 0 Å². The first kappa shape index (κ1) is 5.48. The van der Waals surface area contributed by atoms with Crippen LogP contribution in [0.15, 0.2) is 0 Å². The summed E-state index contributed by atoms with van der Waals surface area (Å²) >= 11 is 0. The van der Waals surface area contributed by atoms with Crippen LogP contribution in [0.2, 0.25) is 0 Å². The molecule has 2 heteroatoms. The molecule has 0 aliphatic heterocycles. The molecule has 2 N–H and O–H groups in total. The molecule has 0 aromatic rings. The van der Waals surface area contributed by atoms with Gasteiger partial charge in [-0.2, -0.15) is 0 Å². The fourth-order valence-electron chi connectivity index (χ4n) is 0.112. The van der Waals surface area contributed by atoms with Crippen LogP contribution in [0.3, 0.4) is 0 Å². The highest BCUT2D eigenvalue weighted by molar-refractivity contribution is 4.97. The van der Waals surface area contributed by atoms with Gasteiger partial charge < -0.3 is 10.2 Å². The summed E-state index contributed by atoms with van der Waals surface area (Å²) in [6, 6.07) is 0. The molecule has 2 nitrogen and oxygen atoms in total. The summed E-state index contributed by atoms with van der Waals surface area (Å²) in [5, 5.41) is 15.8. The first-order valence-electron chi connectivity index (χ1n) is 1.59. The molecule has 0 saturated carbocycles. The molecule has 0 rings (SSSR count). The fraction of sp³-hybridized carbons (Fsp3) is 0.500. The van der Waals surface area contributed by atoms with Crippen molar-refractivity contribution in [3.05, 3.63) is 0 Å². The molecule has 0 amide bonds. The molecule has 0 saturated heterocycles. The maximum atomic E-state index is 7.91. The molecule has 0 aromatic carbocycles. The molecule has 0 fully saturated rings. The van der Waals surface area contributed by atoms with Gasteiger partial charge in [-0.1, -0.05) is 11.8 Å². The number of rotatable bonds is 0. The van der Waals surface area contributed by atoms with Crippen molar-refractivity contribution in [1.82, 2.24) is 0 Å². The van der Waals surface area contributed by atoms with Crippen molar-refractivity contribution in [3.8, 4) is 11.8 Å². The van der Waals surface area contributed by atoms with Gasteiger partial charge in [0, 0.05) is 0 Å². The largest absolute Gasteiger partial charge is 0.384 e. The smallest absolute Gasteiger partial charge is 0.104 e. The third-order valence-corrected chi connectivity index (χ3v) is 0.283. The molecule has 0 radical (unpaired) electrons. The summed E-state index contributed by atoms with van der Waals surface area (Å²) in [4.78, 5) is 0. The van der Waals surface area contributed by atoms with Crippen LogP contribution in [-0.4, -0.2) is 23.4 Å². The Morgan fingerprint density at radius 2 is 1.33 bits per heavy atom. The van der Waals surface area contributed by atoms with Gasteiger partial charge in [0.2, 0.25) is 0 Å². The van der Waals surface area contributed by atoms with E-state index in [-0.39, 0.29) is 13.2 Å². The van der Waals surface area contributed by atoms with Gasteiger partial charge in [-0.3, -0.25) is 0 Å². The highest BCUT2D eigenvalue weighted by Crippen LogP contribution is 1.48. The Labute approximate surface area is 36.4 Å². The van der Waals surface area contributed by atoms with E-state index in [4.69, 9.17) is 10.2 Å². The van der Waals surface area contributed by atoms with Crippen molar-refractivity contribution in [1.29, 1.82) is 0 Å². The third kappa shape index (κ3) is 3.48. The Morgan fingerprint density at radius 1 is 1.00 bits per heavy atom. The molecule has 0 aliphatic carbocycles. The molecule has 0 atom stereocenters. The summed E-state index contributed by atoms with van der Waals surface area (Å²) in [5.41, 5.74) is 0. The van der Waals surface area contributed by atoms with Crippen LogP contribution in [0.1, 0.15) is 0 Å². The van der Waals surface area contributed by atoms with Crippen molar-refractivity contribution in [2.45, 2.75) is 0 Å². The zero-order valence-corrected chi connectivity index (χ0v) is 3.31. The number of aliphatic hydroxyl groups excluding tert-OH is 2. The topological polar surface area (TPSA) is 40.5 Å². The Kier molecular flexibility index (Phi) is 4.09. The first-order valence-corrected chi connectivity index (χ1v) is 1.59. The summed E-state index contributed by atoms with van der Waals surface area (Å²) < 4.78 is 0. The minimum atomic E-state index is -0.166. The quantitative estimate of drug-likeness (QED) is 0.294. The van der Waals surface area contributed by atoms with E-state index in [1.54, 1.807) is 0 Å². The van der Waals surface area contributed by atoms with Crippen molar-refractivity contribution in [2.24, 2.45) is 0 Å². The molecule has 34 valence electrons. The predicted octanol–water partition coefficient (Wildman–Crippen LogP) is -1.03. The Bertz CT molecular complexity index is 59.4. The lowest BCUT2D eigenvalue weighted by atomic mass is 11.1. The minimum Gasteiger partial charge on any atom is -0.384 e. The lowest BCUT2D eigenvalue weighted by molar-refractivity contribution is 0.342. The second-order valence-electron chi connectivity index (χ2n) is 0.670. The highest BCUT2D eigenvalue weighted by atomic mass is 16.3. The first-order chi connectivity index (χ1) is 2.91. The highest BCUT2D eigenvalue weighted by Gasteiger charge is 1.57. The zero-order valence-electron chi connectivity index (χ0n) is 3.31. The van der Waals surface area contributed by atoms with Crippen molar-refractivity contribution in [2.75, 3.05) is 13.2 Å². The van der Waals surface area contributed by atoms with E-state index < -0.39 is 0 Å². The number of hydrogen-bond donors (Lipinski definition) is 2. The summed E-state index contributed by atoms with van der Waals surface area (Å²) in [7, 11) is 0. The Hall–Kier alpha value is -0.520. The summed E-state index contributed by atoms with van der Waals surface area (Å²) in [6.45, 7) is -0.332. The SMILES string of the molecule is OC[13C]#[13C]CO. The number of hydrogen-bond acceptors (Lipinski definition) is 2. The van der Waals surface area contributed by atoms with Gasteiger partial charge in [-0.15, -0.1) is 0 Å². The average molecular weight is 88.1 g/mol. The molecule has 0 heterocycles. The van der Waals surface area contributed by atoms with Gasteiger partial charge in [0.15, 0.2) is 0 Å². The van der Waals surface area contributed by atoms with Crippen LogP contribution in [0, 0.1) is 11.8 Å². The lowest BCUT2D eigenvalue weighted by Crippen LogP contribution is -1.74. The maximum absolute atomic E-state index is 7.91. The van der Waals surface area contributed by atoms with E-state index in [2.05, 4.69) is 11.8 Å². The van der Waals surface area contributed by atoms with Gasteiger partial charge in [0.05, 0.1) is 0 Å². The van der Waals surface area contributed by atoms with Crippen molar-refractivity contribution >= 4 is 0 Å². The molecule has 0 unspecified atom stereocenters. The Balaban J connectivity index is 2.90. The molecule has 0 bridgehead atoms. The monoisotopic (exact) mass is 88.0 g/mol. The molecule has 0 aromatic heterocycles. The molecular formula is C4H6O2. The van der Waals surface area contributed by atoms with Gasteiger partial charge in [-0.05, 0) is 0 Å². The molecule has 0 aliphatic rings. The summed E-state index contributed by atoms with van der Waals surface area (Å²) in [5.74, 6) is 4.51. The van der Waals surface area contributed by atoms with Crippen LogP contribution >= 0.6 is 0 Å². The van der Waals surface area contributed by atoms with Gasteiger partial charge in [0.25, 0.3) is 0 Å². The van der Waals surface area contributed by atoms with E-state index >= 15 is 0 Å². The van der Waals surface area contributed by atoms with Crippen molar-refractivity contribution in [3.63, 3.8) is 0 Å². The average Bonchev–Trinajstić information content (AvgIpc) is 1.61. The normalized spacial score (nSPS) is 6.33. The van der Waals surface area contributed by atoms with E-state index in [1.807, 2.05) is 0 Å². The fourth-order valence-corrected chi connectivity index (χ4v) is 0.112. The van der Waals surface area contributed by atoms with Gasteiger partial charge in [0.1, 0.15) is 13.2 Å². The van der Waals surface area contributed by atoms with Crippen LogP contribution in [0.25, 0.3) is 0 Å². The predicted molar refractivity (Wildman–Crippen MR) is 21.9 cm³/mol. The van der Waals surface area contributed by atoms with Gasteiger partial charge >= 0.3 is 0 Å². The zero-order chi connectivity index (χ0) is 4.83. The molecule has 6 heavy (non-hydrogen) atoms. The van der Waals surface area contributed by atoms with Crippen LogP contribution in [0.5, 0.6) is 0 Å². The molecular weight excluding hydrogens is 82.0 g/mol. The molecule has 0 spiro atoms. The van der Waals surface area contributed by atoms with Crippen LogP contribution in [0.4, 0.5) is 0 Å². The van der Waals surface area contributed by atoms with Crippen LogP contribution < -0.4 is 0 Å². The number of aliphatic hydroxyl groups is 2.